The molecule has 0 saturated heterocycles. The van der Waals surface area contributed by atoms with Crippen LogP contribution in [0, 0.1) is 5.92 Å². The van der Waals surface area contributed by atoms with E-state index in [0.717, 1.165) is 43.4 Å². The van der Waals surface area contributed by atoms with Crippen LogP contribution in [0.2, 0.25) is 0 Å². The number of nitrogens with zero attached hydrogens (tertiary/aromatic N) is 2. The number of carbonyl (C=O) groups excluding carboxylic acids is 1. The van der Waals surface area contributed by atoms with Crippen molar-refractivity contribution in [2.75, 3.05) is 51.4 Å². The van der Waals surface area contributed by atoms with E-state index in [1.807, 2.05) is 31.2 Å². The highest BCUT2D eigenvalue weighted by Gasteiger charge is 2.30. The first kappa shape index (κ1) is 33.6. The number of nitrogens with one attached hydrogen (secondary N) is 1. The average molecular weight is 606 g/mol. The molecule has 0 spiro atoms. The number of fused-ring (bicyclic) bond motifs is 1. The van der Waals surface area contributed by atoms with Gasteiger partial charge in [-0.25, -0.2) is 8.42 Å². The monoisotopic (exact) mass is 605 g/mol. The third-order valence-corrected chi connectivity index (χ3v) is 8.06. The van der Waals surface area contributed by atoms with Gasteiger partial charge < -0.3 is 24.2 Å². The summed E-state index contributed by atoms with van der Waals surface area (Å²) in [4.78, 5) is 17.9. The van der Waals surface area contributed by atoms with Crippen LogP contribution in [0.15, 0.2) is 42.5 Å². The maximum atomic E-state index is 14.1. The van der Waals surface area contributed by atoms with Gasteiger partial charge in [0.15, 0.2) is 0 Å². The lowest BCUT2D eigenvalue weighted by molar-refractivity contribution is -0.0177. The molecule has 1 amide bonds. The van der Waals surface area contributed by atoms with E-state index in [9.17, 15) is 18.3 Å². The summed E-state index contributed by atoms with van der Waals surface area (Å²) in [6.07, 6.45) is 3.28. The zero-order valence-electron chi connectivity index (χ0n) is 25.7. The molecule has 42 heavy (non-hydrogen) atoms. The van der Waals surface area contributed by atoms with Gasteiger partial charge in [-0.2, -0.15) is 0 Å². The van der Waals surface area contributed by atoms with Crippen molar-refractivity contribution in [3.8, 4) is 11.5 Å². The number of hydrogen-bond donors (Lipinski definition) is 2. The van der Waals surface area contributed by atoms with Gasteiger partial charge in [-0.05, 0) is 76.1 Å². The topological polar surface area (TPSA) is 118 Å². The molecule has 0 saturated carbocycles. The molecule has 2 N–H and O–H groups in total. The second-order valence-corrected chi connectivity index (χ2v) is 13.2. The smallest absolute Gasteiger partial charge is 0.258 e. The Morgan fingerprint density at radius 1 is 1.17 bits per heavy atom. The van der Waals surface area contributed by atoms with Crippen molar-refractivity contribution < 1.29 is 32.5 Å². The molecule has 0 radical (unpaired) electrons. The normalized spacial score (nSPS) is 21.7. The molecule has 4 atom stereocenters. The predicted molar refractivity (Wildman–Crippen MR) is 165 cm³/mol. The number of rotatable bonds is 9. The van der Waals surface area contributed by atoms with E-state index < -0.39 is 16.1 Å². The van der Waals surface area contributed by atoms with E-state index in [4.69, 9.17) is 14.2 Å². The van der Waals surface area contributed by atoms with Crippen LogP contribution in [0.1, 0.15) is 56.0 Å². The minimum atomic E-state index is -3.55. The van der Waals surface area contributed by atoms with Gasteiger partial charge in [0.05, 0.1) is 43.8 Å². The van der Waals surface area contributed by atoms with Gasteiger partial charge in [-0.1, -0.05) is 19.1 Å². The average Bonchev–Trinajstić information content (AvgIpc) is 2.94. The number of anilines is 1. The first-order valence-corrected chi connectivity index (χ1v) is 16.4. The molecule has 0 fully saturated rings. The first-order chi connectivity index (χ1) is 19.9. The Hall–Kier alpha value is -2.86. The maximum absolute atomic E-state index is 14.1. The molecule has 1 heterocycles. The lowest BCUT2D eigenvalue weighted by Crippen LogP contribution is -2.47. The van der Waals surface area contributed by atoms with Gasteiger partial charge in [-0.15, -0.1) is 0 Å². The van der Waals surface area contributed by atoms with Gasteiger partial charge in [0.1, 0.15) is 11.5 Å². The number of amides is 1. The molecule has 2 aromatic rings. The highest BCUT2D eigenvalue weighted by Crippen LogP contribution is 2.29. The summed E-state index contributed by atoms with van der Waals surface area (Å²) in [5.74, 6) is 0.793. The molecule has 10 nitrogen and oxygen atoms in total. The Balaban J connectivity index is 1.90. The molecule has 11 heteroatoms. The Morgan fingerprint density at radius 2 is 1.88 bits per heavy atom. The summed E-state index contributed by atoms with van der Waals surface area (Å²) in [6.45, 7) is 7.89. The number of hydrogen-bond acceptors (Lipinski definition) is 8. The first-order valence-electron chi connectivity index (χ1n) is 14.5. The number of aliphatic hydroxyl groups excluding tert-OH is 1. The third-order valence-electron chi connectivity index (χ3n) is 7.46. The predicted octanol–water partition coefficient (Wildman–Crippen LogP) is 3.99. The summed E-state index contributed by atoms with van der Waals surface area (Å²) in [5.41, 5.74) is 1.67. The van der Waals surface area contributed by atoms with Crippen molar-refractivity contribution in [1.29, 1.82) is 0 Å². The summed E-state index contributed by atoms with van der Waals surface area (Å²) < 4.78 is 44.2. The van der Waals surface area contributed by atoms with Crippen LogP contribution in [0.5, 0.6) is 11.5 Å². The molecule has 1 aliphatic rings. The number of benzene rings is 2. The van der Waals surface area contributed by atoms with Gasteiger partial charge >= 0.3 is 0 Å². The summed E-state index contributed by atoms with van der Waals surface area (Å²) >= 11 is 0. The Morgan fingerprint density at radius 3 is 2.52 bits per heavy atom. The molecule has 0 aliphatic carbocycles. The number of sulfonamides is 1. The minimum absolute atomic E-state index is 0.0650. The molecule has 0 bridgehead atoms. The van der Waals surface area contributed by atoms with Crippen molar-refractivity contribution >= 4 is 21.6 Å². The lowest BCUT2D eigenvalue weighted by atomic mass is 10.0. The van der Waals surface area contributed by atoms with Gasteiger partial charge in [0.2, 0.25) is 10.0 Å². The molecular formula is C31H47N3O7S. The molecular weight excluding hydrogens is 558 g/mol. The second-order valence-electron chi connectivity index (χ2n) is 11.4. The highest BCUT2D eigenvalue weighted by molar-refractivity contribution is 7.92. The van der Waals surface area contributed by atoms with E-state index in [1.54, 1.807) is 31.1 Å². The summed E-state index contributed by atoms with van der Waals surface area (Å²) in [5, 5.41) is 10.1. The number of aliphatic hydroxyl groups is 1. The molecule has 1 aliphatic heterocycles. The van der Waals surface area contributed by atoms with Crippen LogP contribution < -0.4 is 14.2 Å². The Kier molecular flexibility index (Phi) is 12.5. The quantitative estimate of drug-likeness (QED) is 0.441. The van der Waals surface area contributed by atoms with Crippen molar-refractivity contribution in [3.05, 3.63) is 53.6 Å². The van der Waals surface area contributed by atoms with Crippen molar-refractivity contribution in [1.82, 2.24) is 9.80 Å². The fourth-order valence-corrected chi connectivity index (χ4v) is 5.63. The zero-order chi connectivity index (χ0) is 30.9. The van der Waals surface area contributed by atoms with E-state index in [-0.39, 0.29) is 41.9 Å². The van der Waals surface area contributed by atoms with Gasteiger partial charge in [-0.3, -0.25) is 14.4 Å². The number of likely N-dealkylation sites (N-methyl/N-ethyl adjacent to an activating group) is 1. The number of ether oxygens (including phenoxy) is 3. The van der Waals surface area contributed by atoms with Crippen LogP contribution >= 0.6 is 0 Å². The van der Waals surface area contributed by atoms with Crippen molar-refractivity contribution in [3.63, 3.8) is 0 Å². The molecule has 2 aromatic carbocycles. The number of carbonyl (C=O) groups is 1. The molecule has 3 rings (SSSR count). The van der Waals surface area contributed by atoms with E-state index in [2.05, 4.69) is 23.6 Å². The van der Waals surface area contributed by atoms with E-state index in [0.29, 0.717) is 25.4 Å². The van der Waals surface area contributed by atoms with Crippen LogP contribution in [0.25, 0.3) is 0 Å². The largest absolute Gasteiger partial charge is 0.497 e. The maximum Gasteiger partial charge on any atom is 0.258 e. The fourth-order valence-electron chi connectivity index (χ4n) is 5.08. The van der Waals surface area contributed by atoms with Gasteiger partial charge in [0.25, 0.3) is 5.91 Å². The Bertz CT molecular complexity index is 1260. The standard InChI is InChI=1S/C31H47N3O7S/c1-22-18-34(23(2)21-35)31(36)28-17-26(32-42(6,37)38)12-15-29(28)41-24(3)9-7-8-16-40-30(22)20-33(4)19-25-10-13-27(39-5)14-11-25/h10-15,17,22-24,30,32,35H,7-9,16,18-21H2,1-6H3/t22-,23-,24-,30-/m0/s1. The van der Waals surface area contributed by atoms with Gasteiger partial charge in [0, 0.05) is 37.8 Å². The van der Waals surface area contributed by atoms with Crippen LogP contribution in [-0.2, 0) is 21.3 Å². The van der Waals surface area contributed by atoms with Crippen molar-refractivity contribution in [2.24, 2.45) is 5.92 Å². The molecule has 234 valence electrons. The molecule has 0 unspecified atom stereocenters. The van der Waals surface area contributed by atoms with Crippen LogP contribution in [0.4, 0.5) is 5.69 Å². The molecule has 0 aromatic heterocycles. The fraction of sp³-hybridized carbons (Fsp3) is 0.581. The summed E-state index contributed by atoms with van der Waals surface area (Å²) in [7, 11) is 0.149. The SMILES string of the molecule is COc1ccc(CN(C)C[C@@H]2OCCCC[C@H](C)Oc3ccc(NS(C)(=O)=O)cc3C(=O)N([C@@H](C)CO)C[C@@H]2C)cc1. The van der Waals surface area contributed by atoms with Crippen molar-refractivity contribution in [2.45, 2.75) is 64.8 Å². The van der Waals surface area contributed by atoms with Crippen LogP contribution in [-0.4, -0.2) is 94.2 Å². The summed E-state index contributed by atoms with van der Waals surface area (Å²) in [6, 6.07) is 12.2. The number of methoxy groups -OCH3 is 1. The highest BCUT2D eigenvalue weighted by atomic mass is 32.2. The van der Waals surface area contributed by atoms with E-state index in [1.165, 1.54) is 6.07 Å². The second kappa shape index (κ2) is 15.6. The third kappa shape index (κ3) is 10.1. The Labute approximate surface area is 251 Å². The van der Waals surface area contributed by atoms with Crippen LogP contribution in [0.3, 0.4) is 0 Å². The lowest BCUT2D eigenvalue weighted by Gasteiger charge is -2.36. The zero-order valence-corrected chi connectivity index (χ0v) is 26.5. The minimum Gasteiger partial charge on any atom is -0.497 e. The van der Waals surface area contributed by atoms with E-state index >= 15 is 0 Å².